The highest BCUT2D eigenvalue weighted by atomic mass is 32.2. The summed E-state index contributed by atoms with van der Waals surface area (Å²) < 4.78 is 25.6. The van der Waals surface area contributed by atoms with Crippen molar-refractivity contribution in [1.82, 2.24) is 10.0 Å². The van der Waals surface area contributed by atoms with E-state index in [-0.39, 0.29) is 4.90 Å². The second-order valence-electron chi connectivity index (χ2n) is 3.44. The van der Waals surface area contributed by atoms with Crippen LogP contribution in [-0.2, 0) is 10.0 Å². The van der Waals surface area contributed by atoms with E-state index in [0.717, 1.165) is 0 Å². The van der Waals surface area contributed by atoms with Gasteiger partial charge in [-0.3, -0.25) is 0 Å². The second-order valence-corrected chi connectivity index (χ2v) is 5.09. The van der Waals surface area contributed by atoms with Gasteiger partial charge in [0, 0.05) is 12.2 Å². The molecule has 0 fully saturated rings. The number of carbonyl (C=O) groups is 1. The van der Waals surface area contributed by atoms with Crippen LogP contribution in [0.4, 0.5) is 10.5 Å². The van der Waals surface area contributed by atoms with Crippen LogP contribution in [0.5, 0.6) is 0 Å². The molecule has 94 valence electrons. The van der Waals surface area contributed by atoms with Crippen molar-refractivity contribution in [2.75, 3.05) is 12.3 Å². The van der Waals surface area contributed by atoms with Crippen molar-refractivity contribution in [3.63, 3.8) is 0 Å². The fourth-order valence-electron chi connectivity index (χ4n) is 1.30. The molecule has 0 spiro atoms. The summed E-state index contributed by atoms with van der Waals surface area (Å²) in [6.45, 7) is 3.62. The minimum atomic E-state index is -3.88. The maximum absolute atomic E-state index is 11.9. The molecule has 0 aliphatic heterocycles. The number of carbonyl (C=O) groups excluding carboxylic acids is 1. The summed E-state index contributed by atoms with van der Waals surface area (Å²) in [6, 6.07) is 3.76. The lowest BCUT2D eigenvalue weighted by molar-refractivity contribution is 0.246. The predicted molar refractivity (Wildman–Crippen MR) is 65.0 cm³/mol. The molecule has 0 aliphatic rings. The van der Waals surface area contributed by atoms with E-state index in [4.69, 9.17) is 5.73 Å². The molecule has 0 saturated carbocycles. The molecule has 0 saturated heterocycles. The maximum atomic E-state index is 11.9. The molecule has 1 aromatic carbocycles. The van der Waals surface area contributed by atoms with Crippen LogP contribution in [-0.4, -0.2) is 21.0 Å². The van der Waals surface area contributed by atoms with Crippen LogP contribution < -0.4 is 15.8 Å². The Kier molecular flexibility index (Phi) is 3.95. The fourth-order valence-corrected chi connectivity index (χ4v) is 2.50. The summed E-state index contributed by atoms with van der Waals surface area (Å²) in [5.41, 5.74) is 6.40. The number of sulfonamides is 1. The molecule has 6 nitrogen and oxygen atoms in total. The molecule has 1 rings (SSSR count). The number of anilines is 1. The first kappa shape index (κ1) is 13.3. The van der Waals surface area contributed by atoms with Crippen LogP contribution in [0.15, 0.2) is 23.1 Å². The van der Waals surface area contributed by atoms with Gasteiger partial charge in [-0.25, -0.2) is 17.9 Å². The molecule has 4 N–H and O–H groups in total. The van der Waals surface area contributed by atoms with Gasteiger partial charge in [0.15, 0.2) is 0 Å². The monoisotopic (exact) mass is 257 g/mol. The van der Waals surface area contributed by atoms with Crippen LogP contribution >= 0.6 is 0 Å². The van der Waals surface area contributed by atoms with Gasteiger partial charge in [-0.15, -0.1) is 0 Å². The Morgan fingerprint density at radius 3 is 2.65 bits per heavy atom. The summed E-state index contributed by atoms with van der Waals surface area (Å²) in [5, 5.41) is 2.35. The summed E-state index contributed by atoms with van der Waals surface area (Å²) in [7, 11) is -3.88. The molecular formula is C10H15N3O3S. The summed E-state index contributed by atoms with van der Waals surface area (Å²) >= 11 is 0. The summed E-state index contributed by atoms with van der Waals surface area (Å²) in [5.74, 6) is 0. The first-order valence-electron chi connectivity index (χ1n) is 5.04. The zero-order chi connectivity index (χ0) is 13.1. The number of amides is 2. The molecular weight excluding hydrogens is 242 g/mol. The molecule has 1 aromatic rings. The average Bonchev–Trinajstić information content (AvgIpc) is 2.21. The second kappa shape index (κ2) is 5.05. The van der Waals surface area contributed by atoms with E-state index in [0.29, 0.717) is 17.8 Å². The van der Waals surface area contributed by atoms with Gasteiger partial charge in [0.05, 0.1) is 4.90 Å². The van der Waals surface area contributed by atoms with Crippen molar-refractivity contribution in [2.24, 2.45) is 0 Å². The minimum absolute atomic E-state index is 0.00348. The topological polar surface area (TPSA) is 101 Å². The summed E-state index contributed by atoms with van der Waals surface area (Å²) in [6.07, 6.45) is 0. The third-order valence-corrected chi connectivity index (χ3v) is 3.66. The normalized spacial score (nSPS) is 10.9. The number of urea groups is 1. The molecule has 0 aromatic heterocycles. The zero-order valence-corrected chi connectivity index (χ0v) is 10.5. The Balaban J connectivity index is 3.06. The van der Waals surface area contributed by atoms with Gasteiger partial charge in [0.1, 0.15) is 0 Å². The highest BCUT2D eigenvalue weighted by molar-refractivity contribution is 7.90. The maximum Gasteiger partial charge on any atom is 0.328 e. The standard InChI is InChI=1S/C10H15N3O3S/c1-3-12-10(14)13-17(15,16)9-6-4-5-8(11)7(9)2/h4-6H,3,11H2,1-2H3,(H2,12,13,14). The van der Waals surface area contributed by atoms with Crippen LogP contribution in [0.25, 0.3) is 0 Å². The van der Waals surface area contributed by atoms with E-state index in [1.165, 1.54) is 12.1 Å². The van der Waals surface area contributed by atoms with Crippen molar-refractivity contribution >= 4 is 21.7 Å². The number of hydrogen-bond donors (Lipinski definition) is 3. The average molecular weight is 257 g/mol. The Morgan fingerprint density at radius 1 is 1.41 bits per heavy atom. The number of nitrogens with one attached hydrogen (secondary N) is 2. The minimum Gasteiger partial charge on any atom is -0.398 e. The van der Waals surface area contributed by atoms with E-state index in [9.17, 15) is 13.2 Å². The number of rotatable bonds is 3. The summed E-state index contributed by atoms with van der Waals surface area (Å²) in [4.78, 5) is 11.2. The Morgan fingerprint density at radius 2 is 2.06 bits per heavy atom. The van der Waals surface area contributed by atoms with E-state index >= 15 is 0 Å². The smallest absolute Gasteiger partial charge is 0.328 e. The molecule has 0 heterocycles. The van der Waals surface area contributed by atoms with E-state index in [1.54, 1.807) is 19.9 Å². The quantitative estimate of drug-likeness (QED) is 0.689. The van der Waals surface area contributed by atoms with Crippen molar-refractivity contribution in [3.05, 3.63) is 23.8 Å². The van der Waals surface area contributed by atoms with Gasteiger partial charge >= 0.3 is 6.03 Å². The van der Waals surface area contributed by atoms with Gasteiger partial charge in [-0.05, 0) is 31.5 Å². The Labute approximate surface area is 100 Å². The van der Waals surface area contributed by atoms with E-state index in [1.807, 2.05) is 4.72 Å². The predicted octanol–water partition coefficient (Wildman–Crippen LogP) is 0.585. The zero-order valence-electron chi connectivity index (χ0n) is 9.65. The lowest BCUT2D eigenvalue weighted by atomic mass is 10.2. The Bertz CT molecular complexity index is 526. The van der Waals surface area contributed by atoms with Crippen LogP contribution in [0.1, 0.15) is 12.5 Å². The van der Waals surface area contributed by atoms with Crippen LogP contribution in [0.2, 0.25) is 0 Å². The van der Waals surface area contributed by atoms with Gasteiger partial charge in [-0.2, -0.15) is 0 Å². The van der Waals surface area contributed by atoms with Gasteiger partial charge in [0.25, 0.3) is 10.0 Å². The molecule has 0 radical (unpaired) electrons. The van der Waals surface area contributed by atoms with Gasteiger partial charge in [0.2, 0.25) is 0 Å². The number of nitrogens with two attached hydrogens (primary N) is 1. The molecule has 0 unspecified atom stereocenters. The lowest BCUT2D eigenvalue weighted by Gasteiger charge is -2.10. The molecule has 0 atom stereocenters. The Hall–Kier alpha value is -1.76. The highest BCUT2D eigenvalue weighted by Crippen LogP contribution is 2.19. The lowest BCUT2D eigenvalue weighted by Crippen LogP contribution is -2.39. The van der Waals surface area contributed by atoms with Crippen molar-refractivity contribution in [3.8, 4) is 0 Å². The van der Waals surface area contributed by atoms with Crippen LogP contribution in [0.3, 0.4) is 0 Å². The molecule has 0 aliphatic carbocycles. The number of nitrogen functional groups attached to an aromatic ring is 1. The molecule has 0 bridgehead atoms. The van der Waals surface area contributed by atoms with Crippen molar-refractivity contribution < 1.29 is 13.2 Å². The highest BCUT2D eigenvalue weighted by Gasteiger charge is 2.20. The third-order valence-electron chi connectivity index (χ3n) is 2.18. The molecule has 2 amide bonds. The fraction of sp³-hybridized carbons (Fsp3) is 0.300. The van der Waals surface area contributed by atoms with Crippen LogP contribution in [0, 0.1) is 6.92 Å². The largest absolute Gasteiger partial charge is 0.398 e. The first-order chi connectivity index (χ1) is 7.88. The van der Waals surface area contributed by atoms with Crippen molar-refractivity contribution in [2.45, 2.75) is 18.7 Å². The molecule has 7 heteroatoms. The SMILES string of the molecule is CCNC(=O)NS(=O)(=O)c1cccc(N)c1C. The van der Waals surface area contributed by atoms with E-state index < -0.39 is 16.1 Å². The van der Waals surface area contributed by atoms with Crippen molar-refractivity contribution in [1.29, 1.82) is 0 Å². The van der Waals surface area contributed by atoms with Gasteiger partial charge in [-0.1, -0.05) is 6.07 Å². The first-order valence-corrected chi connectivity index (χ1v) is 6.52. The van der Waals surface area contributed by atoms with E-state index in [2.05, 4.69) is 5.32 Å². The third kappa shape index (κ3) is 3.10. The van der Waals surface area contributed by atoms with Gasteiger partial charge < -0.3 is 11.1 Å². The number of benzene rings is 1. The number of hydrogen-bond acceptors (Lipinski definition) is 4. The molecule has 17 heavy (non-hydrogen) atoms.